The van der Waals surface area contributed by atoms with Gasteiger partial charge in [0.15, 0.2) is 0 Å². The highest BCUT2D eigenvalue weighted by molar-refractivity contribution is 5.15. The van der Waals surface area contributed by atoms with Crippen molar-refractivity contribution in [3.05, 3.63) is 35.9 Å². The number of rotatable bonds is 5. The number of nitrogens with zero attached hydrogens (tertiary/aromatic N) is 2. The Kier molecular flexibility index (Phi) is 5.38. The molecule has 19 heavy (non-hydrogen) atoms. The zero-order valence-corrected chi connectivity index (χ0v) is 11.3. The van der Waals surface area contributed by atoms with Gasteiger partial charge < -0.3 is 5.11 Å². The largest absolute Gasteiger partial charge is 0.395 e. The van der Waals surface area contributed by atoms with Crippen LogP contribution in [-0.4, -0.2) is 29.2 Å². The van der Waals surface area contributed by atoms with Gasteiger partial charge in [0.2, 0.25) is 0 Å². The number of hydrogen-bond acceptors (Lipinski definition) is 3. The van der Waals surface area contributed by atoms with Crippen molar-refractivity contribution in [1.29, 1.82) is 5.26 Å². The molecule has 0 radical (unpaired) electrons. The van der Waals surface area contributed by atoms with Crippen LogP contribution in [0.25, 0.3) is 0 Å². The Morgan fingerprint density at radius 2 is 1.95 bits per heavy atom. The predicted octanol–water partition coefficient (Wildman–Crippen LogP) is 2.56. The van der Waals surface area contributed by atoms with Crippen molar-refractivity contribution in [2.75, 3.05) is 13.2 Å². The Bertz CT molecular complexity index is 413. The van der Waals surface area contributed by atoms with Crippen LogP contribution in [-0.2, 0) is 6.54 Å². The zero-order valence-electron chi connectivity index (χ0n) is 11.3. The number of hydrogen-bond donors (Lipinski definition) is 1. The van der Waals surface area contributed by atoms with Crippen molar-refractivity contribution >= 4 is 0 Å². The second kappa shape index (κ2) is 7.28. The third kappa shape index (κ3) is 3.79. The van der Waals surface area contributed by atoms with Gasteiger partial charge in [0.1, 0.15) is 0 Å². The second-order valence-electron chi connectivity index (χ2n) is 5.27. The first-order chi connectivity index (χ1) is 9.35. The van der Waals surface area contributed by atoms with Gasteiger partial charge in [-0.3, -0.25) is 4.90 Å². The summed E-state index contributed by atoms with van der Waals surface area (Å²) in [5.41, 5.74) is 1.25. The van der Waals surface area contributed by atoms with Crippen molar-refractivity contribution < 1.29 is 5.11 Å². The van der Waals surface area contributed by atoms with E-state index in [0.717, 1.165) is 25.8 Å². The molecule has 1 aliphatic rings. The minimum atomic E-state index is 0.115. The van der Waals surface area contributed by atoms with Gasteiger partial charge in [0.25, 0.3) is 0 Å². The van der Waals surface area contributed by atoms with Gasteiger partial charge in [-0.25, -0.2) is 0 Å². The van der Waals surface area contributed by atoms with Crippen LogP contribution in [0, 0.1) is 17.2 Å². The topological polar surface area (TPSA) is 47.3 Å². The fourth-order valence-corrected chi connectivity index (χ4v) is 3.01. The first-order valence-corrected chi connectivity index (χ1v) is 7.13. The lowest BCUT2D eigenvalue weighted by Gasteiger charge is -2.37. The molecule has 1 N–H and O–H groups in total. The molecule has 0 amide bonds. The van der Waals surface area contributed by atoms with Crippen LogP contribution >= 0.6 is 0 Å². The van der Waals surface area contributed by atoms with E-state index in [1.165, 1.54) is 12.0 Å². The fourth-order valence-electron chi connectivity index (χ4n) is 3.01. The maximum absolute atomic E-state index is 9.31. The van der Waals surface area contributed by atoms with Crippen LogP contribution in [0.1, 0.15) is 31.2 Å². The summed E-state index contributed by atoms with van der Waals surface area (Å²) in [6, 6.07) is 13.1. The van der Waals surface area contributed by atoms with E-state index < -0.39 is 0 Å². The highest BCUT2D eigenvalue weighted by Crippen LogP contribution is 2.28. The average Bonchev–Trinajstić information content (AvgIpc) is 2.48. The molecule has 1 fully saturated rings. The van der Waals surface area contributed by atoms with Crippen LogP contribution in [0.5, 0.6) is 0 Å². The summed E-state index contributed by atoms with van der Waals surface area (Å²) < 4.78 is 0. The summed E-state index contributed by atoms with van der Waals surface area (Å²) >= 11 is 0. The van der Waals surface area contributed by atoms with E-state index in [9.17, 15) is 10.4 Å². The molecular weight excluding hydrogens is 236 g/mol. The normalized spacial score (nSPS) is 23.2. The first-order valence-electron chi connectivity index (χ1n) is 7.13. The maximum Gasteiger partial charge on any atom is 0.0672 e. The number of aliphatic hydroxyl groups is 1. The van der Waals surface area contributed by atoms with Crippen LogP contribution in [0.2, 0.25) is 0 Å². The fraction of sp³-hybridized carbons (Fsp3) is 0.562. The lowest BCUT2D eigenvalue weighted by molar-refractivity contribution is 0.0954. The molecule has 1 aromatic rings. The molecular formula is C16H22N2O. The van der Waals surface area contributed by atoms with Gasteiger partial charge >= 0.3 is 0 Å². The third-order valence-corrected chi connectivity index (χ3v) is 3.98. The Morgan fingerprint density at radius 1 is 1.21 bits per heavy atom. The standard InChI is InChI=1S/C16H22N2O/c17-12-15-8-4-5-9-16(15)18(10-11-19)13-14-6-2-1-3-7-14/h1-3,6-7,15-16,19H,4-5,8-11,13H2. The van der Waals surface area contributed by atoms with Crippen molar-refractivity contribution in [1.82, 2.24) is 4.90 Å². The van der Waals surface area contributed by atoms with E-state index >= 15 is 0 Å². The molecule has 1 saturated carbocycles. The van der Waals surface area contributed by atoms with Crippen LogP contribution in [0.3, 0.4) is 0 Å². The van der Waals surface area contributed by atoms with Crippen molar-refractivity contribution in [3.8, 4) is 6.07 Å². The zero-order chi connectivity index (χ0) is 13.5. The Hall–Kier alpha value is -1.37. The minimum absolute atomic E-state index is 0.115. The lowest BCUT2D eigenvalue weighted by atomic mass is 9.84. The first kappa shape index (κ1) is 14.0. The molecule has 1 aromatic carbocycles. The molecule has 0 bridgehead atoms. The van der Waals surface area contributed by atoms with Gasteiger partial charge in [0, 0.05) is 19.1 Å². The summed E-state index contributed by atoms with van der Waals surface area (Å²) in [7, 11) is 0. The summed E-state index contributed by atoms with van der Waals surface area (Å²) in [5, 5.41) is 18.6. The Balaban J connectivity index is 2.08. The third-order valence-electron chi connectivity index (χ3n) is 3.98. The van der Waals surface area contributed by atoms with Crippen LogP contribution in [0.15, 0.2) is 30.3 Å². The molecule has 0 heterocycles. The Morgan fingerprint density at radius 3 is 2.63 bits per heavy atom. The number of benzene rings is 1. The highest BCUT2D eigenvalue weighted by atomic mass is 16.3. The van der Waals surface area contributed by atoms with E-state index in [2.05, 4.69) is 23.1 Å². The minimum Gasteiger partial charge on any atom is -0.395 e. The molecule has 0 saturated heterocycles. The molecule has 3 heteroatoms. The number of nitriles is 1. The quantitative estimate of drug-likeness (QED) is 0.883. The van der Waals surface area contributed by atoms with E-state index in [1.54, 1.807) is 0 Å². The maximum atomic E-state index is 9.31. The van der Waals surface area contributed by atoms with E-state index in [-0.39, 0.29) is 12.5 Å². The van der Waals surface area contributed by atoms with Gasteiger partial charge in [-0.05, 0) is 18.4 Å². The summed E-state index contributed by atoms with van der Waals surface area (Å²) in [6.45, 7) is 1.63. The lowest BCUT2D eigenvalue weighted by Crippen LogP contribution is -2.43. The summed E-state index contributed by atoms with van der Waals surface area (Å²) in [6.07, 6.45) is 4.43. The number of aliphatic hydroxyl groups excluding tert-OH is 1. The highest BCUT2D eigenvalue weighted by Gasteiger charge is 2.29. The molecule has 2 atom stereocenters. The van der Waals surface area contributed by atoms with E-state index in [1.807, 2.05) is 18.2 Å². The van der Waals surface area contributed by atoms with Gasteiger partial charge in [-0.2, -0.15) is 5.26 Å². The van der Waals surface area contributed by atoms with E-state index in [4.69, 9.17) is 0 Å². The predicted molar refractivity (Wildman–Crippen MR) is 75.3 cm³/mol. The Labute approximate surface area is 115 Å². The molecule has 102 valence electrons. The van der Waals surface area contributed by atoms with Gasteiger partial charge in [-0.15, -0.1) is 0 Å². The monoisotopic (exact) mass is 258 g/mol. The van der Waals surface area contributed by atoms with Crippen molar-refractivity contribution in [2.45, 2.75) is 38.3 Å². The smallest absolute Gasteiger partial charge is 0.0672 e. The molecule has 0 aliphatic heterocycles. The second-order valence-corrected chi connectivity index (χ2v) is 5.27. The molecule has 2 unspecified atom stereocenters. The molecule has 0 aromatic heterocycles. The molecule has 1 aliphatic carbocycles. The summed E-state index contributed by atoms with van der Waals surface area (Å²) in [4.78, 5) is 2.28. The van der Waals surface area contributed by atoms with Crippen molar-refractivity contribution in [2.24, 2.45) is 5.92 Å². The SMILES string of the molecule is N#CC1CCCCC1N(CCO)Cc1ccccc1. The van der Waals surface area contributed by atoms with Crippen LogP contribution < -0.4 is 0 Å². The molecule has 0 spiro atoms. The molecule has 2 rings (SSSR count). The van der Waals surface area contributed by atoms with Gasteiger partial charge in [0.05, 0.1) is 18.6 Å². The average molecular weight is 258 g/mol. The van der Waals surface area contributed by atoms with Gasteiger partial charge in [-0.1, -0.05) is 43.2 Å². The summed E-state index contributed by atoms with van der Waals surface area (Å²) in [5.74, 6) is 0.115. The van der Waals surface area contributed by atoms with Crippen LogP contribution in [0.4, 0.5) is 0 Å². The van der Waals surface area contributed by atoms with E-state index in [0.29, 0.717) is 12.6 Å². The van der Waals surface area contributed by atoms with Crippen molar-refractivity contribution in [3.63, 3.8) is 0 Å². The molecule has 3 nitrogen and oxygen atoms in total.